The second kappa shape index (κ2) is 5.91. The van der Waals surface area contributed by atoms with Crippen molar-refractivity contribution in [3.8, 4) is 0 Å². The minimum Gasteiger partial charge on any atom is -0.302 e. The quantitative estimate of drug-likeness (QED) is 0.895. The molecule has 0 saturated carbocycles. The maximum absolute atomic E-state index is 11.9. The Kier molecular flexibility index (Phi) is 4.23. The van der Waals surface area contributed by atoms with Gasteiger partial charge >= 0.3 is 0 Å². The van der Waals surface area contributed by atoms with Crippen LogP contribution in [0.5, 0.6) is 0 Å². The third kappa shape index (κ3) is 3.08. The van der Waals surface area contributed by atoms with Gasteiger partial charge in [0.05, 0.1) is 18.4 Å². The first kappa shape index (κ1) is 14.3. The molecule has 0 bridgehead atoms. The molecule has 2 heterocycles. The van der Waals surface area contributed by atoms with E-state index in [1.54, 1.807) is 14.0 Å². The molecule has 1 amide bonds. The highest BCUT2D eigenvalue weighted by Gasteiger charge is 2.12. The van der Waals surface area contributed by atoms with Gasteiger partial charge < -0.3 is 9.88 Å². The molecule has 0 aliphatic rings. The molecule has 0 fully saturated rings. The molecule has 1 N–H and O–H groups in total. The first-order valence-electron chi connectivity index (χ1n) is 6.14. The molecule has 2 aromatic rings. The van der Waals surface area contributed by atoms with Gasteiger partial charge in [-0.1, -0.05) is 18.3 Å². The van der Waals surface area contributed by atoms with Gasteiger partial charge in [0.1, 0.15) is 5.01 Å². The molecule has 2 aromatic heterocycles. The molecule has 20 heavy (non-hydrogen) atoms. The van der Waals surface area contributed by atoms with Gasteiger partial charge in [0, 0.05) is 12.6 Å². The zero-order valence-electron chi connectivity index (χ0n) is 11.5. The summed E-state index contributed by atoms with van der Waals surface area (Å²) < 4.78 is 1.38. The van der Waals surface area contributed by atoms with E-state index in [-0.39, 0.29) is 17.9 Å². The largest absolute Gasteiger partial charge is 0.302 e. The fourth-order valence-corrected chi connectivity index (χ4v) is 2.33. The number of aromatic nitrogens is 4. The van der Waals surface area contributed by atoms with E-state index in [2.05, 4.69) is 20.5 Å². The summed E-state index contributed by atoms with van der Waals surface area (Å²) in [7, 11) is 1.62. The number of rotatable bonds is 4. The molecule has 7 nitrogen and oxygen atoms in total. The third-order valence-corrected chi connectivity index (χ3v) is 3.79. The maximum Gasteiger partial charge on any atom is 0.256 e. The second-order valence-corrected chi connectivity index (χ2v) is 5.37. The Balaban J connectivity index is 2.08. The third-order valence-electron chi connectivity index (χ3n) is 2.80. The molecule has 0 spiro atoms. The summed E-state index contributed by atoms with van der Waals surface area (Å²) in [6.07, 6.45) is 2.24. The monoisotopic (exact) mass is 293 g/mol. The van der Waals surface area contributed by atoms with Crippen molar-refractivity contribution in [3.63, 3.8) is 0 Å². The van der Waals surface area contributed by atoms with Crippen molar-refractivity contribution in [2.45, 2.75) is 26.7 Å². The first-order chi connectivity index (χ1) is 9.51. The number of hydrogen-bond donors (Lipinski definition) is 1. The summed E-state index contributed by atoms with van der Waals surface area (Å²) in [5, 5.41) is 11.8. The molecule has 0 saturated heterocycles. The highest BCUT2D eigenvalue weighted by atomic mass is 32.1. The van der Waals surface area contributed by atoms with Crippen LogP contribution in [0, 0.1) is 6.92 Å². The van der Waals surface area contributed by atoms with Gasteiger partial charge in [-0.05, 0) is 13.3 Å². The number of amides is 1. The van der Waals surface area contributed by atoms with Crippen molar-refractivity contribution in [1.29, 1.82) is 0 Å². The highest BCUT2D eigenvalue weighted by molar-refractivity contribution is 7.15. The van der Waals surface area contributed by atoms with Crippen molar-refractivity contribution >= 4 is 22.4 Å². The van der Waals surface area contributed by atoms with E-state index < -0.39 is 0 Å². The van der Waals surface area contributed by atoms with Crippen LogP contribution in [-0.4, -0.2) is 25.7 Å². The zero-order chi connectivity index (χ0) is 14.7. The minimum absolute atomic E-state index is 0.0446. The Morgan fingerprint density at radius 1 is 1.45 bits per heavy atom. The average Bonchev–Trinajstić information content (AvgIpc) is 2.87. The molecule has 2 rings (SSSR count). The van der Waals surface area contributed by atoms with Gasteiger partial charge in [-0.15, -0.1) is 10.2 Å². The number of nitrogens with zero attached hydrogens (tertiary/aromatic N) is 4. The number of carbonyl (C=O) groups excluding carboxylic acids is 1. The van der Waals surface area contributed by atoms with Gasteiger partial charge in [0.15, 0.2) is 0 Å². The molecular formula is C12H15N5O2S. The summed E-state index contributed by atoms with van der Waals surface area (Å²) in [6, 6.07) is 0. The van der Waals surface area contributed by atoms with E-state index in [1.807, 2.05) is 6.92 Å². The van der Waals surface area contributed by atoms with Crippen LogP contribution in [0.3, 0.4) is 0 Å². The predicted molar refractivity (Wildman–Crippen MR) is 75.8 cm³/mol. The zero-order valence-corrected chi connectivity index (χ0v) is 12.3. The van der Waals surface area contributed by atoms with E-state index >= 15 is 0 Å². The van der Waals surface area contributed by atoms with Crippen molar-refractivity contribution in [1.82, 2.24) is 19.7 Å². The number of aryl methyl sites for hydroxylation is 2. The van der Waals surface area contributed by atoms with E-state index in [9.17, 15) is 9.59 Å². The lowest BCUT2D eigenvalue weighted by molar-refractivity contribution is -0.115. The van der Waals surface area contributed by atoms with Crippen LogP contribution in [0.1, 0.15) is 23.2 Å². The molecule has 0 aliphatic carbocycles. The van der Waals surface area contributed by atoms with Gasteiger partial charge in [-0.2, -0.15) is 0 Å². The van der Waals surface area contributed by atoms with E-state index in [4.69, 9.17) is 0 Å². The van der Waals surface area contributed by atoms with Crippen LogP contribution < -0.4 is 10.9 Å². The number of anilines is 1. The van der Waals surface area contributed by atoms with Gasteiger partial charge in [0.2, 0.25) is 11.0 Å². The fourth-order valence-electron chi connectivity index (χ4n) is 1.63. The lowest BCUT2D eigenvalue weighted by Gasteiger charge is -2.05. The molecular weight excluding hydrogens is 278 g/mol. The Morgan fingerprint density at radius 2 is 2.20 bits per heavy atom. The normalized spacial score (nSPS) is 10.6. The smallest absolute Gasteiger partial charge is 0.256 e. The van der Waals surface area contributed by atoms with Crippen LogP contribution in [-0.2, 0) is 24.7 Å². The SMILES string of the molecule is CCc1nnc(NC(=O)Cc2ncn(C)c(=O)c2C)s1. The standard InChI is InChI=1S/C12H15N5O2S/c1-4-10-15-16-12(20-10)14-9(18)5-8-7(2)11(19)17(3)6-13-8/h6H,4-5H2,1-3H3,(H,14,16,18). The van der Waals surface area contributed by atoms with Gasteiger partial charge in [-0.25, -0.2) is 4.98 Å². The van der Waals surface area contributed by atoms with E-state index in [0.717, 1.165) is 11.4 Å². The van der Waals surface area contributed by atoms with Crippen molar-refractivity contribution in [3.05, 3.63) is 32.9 Å². The Labute approximate surface area is 119 Å². The van der Waals surface area contributed by atoms with Crippen LogP contribution in [0.25, 0.3) is 0 Å². The van der Waals surface area contributed by atoms with E-state index in [1.165, 1.54) is 22.2 Å². The molecule has 0 atom stereocenters. The van der Waals surface area contributed by atoms with Gasteiger partial charge in [-0.3, -0.25) is 9.59 Å². The summed E-state index contributed by atoms with van der Waals surface area (Å²) in [5.41, 5.74) is 0.814. The second-order valence-electron chi connectivity index (χ2n) is 4.31. The number of carbonyl (C=O) groups is 1. The van der Waals surface area contributed by atoms with Crippen LogP contribution >= 0.6 is 11.3 Å². The Bertz CT molecular complexity index is 691. The maximum atomic E-state index is 11.9. The number of hydrogen-bond acceptors (Lipinski definition) is 6. The van der Waals surface area contributed by atoms with Crippen LogP contribution in [0.15, 0.2) is 11.1 Å². The average molecular weight is 293 g/mol. The van der Waals surface area contributed by atoms with Crippen molar-refractivity contribution in [2.75, 3.05) is 5.32 Å². The topological polar surface area (TPSA) is 89.8 Å². The Morgan fingerprint density at radius 3 is 2.85 bits per heavy atom. The molecule has 0 aliphatic heterocycles. The minimum atomic E-state index is -0.257. The molecule has 8 heteroatoms. The fraction of sp³-hybridized carbons (Fsp3) is 0.417. The molecule has 0 aromatic carbocycles. The van der Waals surface area contributed by atoms with Crippen LogP contribution in [0.2, 0.25) is 0 Å². The van der Waals surface area contributed by atoms with Crippen molar-refractivity contribution < 1.29 is 4.79 Å². The summed E-state index contributed by atoms with van der Waals surface area (Å²) in [4.78, 5) is 27.8. The van der Waals surface area contributed by atoms with Crippen molar-refractivity contribution in [2.24, 2.45) is 7.05 Å². The summed E-state index contributed by atoms with van der Waals surface area (Å²) in [5.74, 6) is -0.257. The molecule has 0 unspecified atom stereocenters. The van der Waals surface area contributed by atoms with Crippen LogP contribution in [0.4, 0.5) is 5.13 Å². The highest BCUT2D eigenvalue weighted by Crippen LogP contribution is 2.15. The molecule has 106 valence electrons. The predicted octanol–water partition coefficient (Wildman–Crippen LogP) is 0.684. The summed E-state index contributed by atoms with van der Waals surface area (Å²) >= 11 is 1.34. The summed E-state index contributed by atoms with van der Waals surface area (Å²) in [6.45, 7) is 3.64. The Hall–Kier alpha value is -2.09. The van der Waals surface area contributed by atoms with E-state index in [0.29, 0.717) is 16.4 Å². The van der Waals surface area contributed by atoms with Gasteiger partial charge in [0.25, 0.3) is 5.56 Å². The molecule has 0 radical (unpaired) electrons. The lowest BCUT2D eigenvalue weighted by Crippen LogP contribution is -2.24. The first-order valence-corrected chi connectivity index (χ1v) is 6.96. The number of nitrogens with one attached hydrogen (secondary N) is 1. The lowest BCUT2D eigenvalue weighted by atomic mass is 10.2.